The number of aromatic nitrogens is 2. The van der Waals surface area contributed by atoms with Crippen LogP contribution in [0.1, 0.15) is 26.2 Å². The van der Waals surface area contributed by atoms with Crippen LogP contribution in [0.3, 0.4) is 0 Å². The van der Waals surface area contributed by atoms with Crippen molar-refractivity contribution >= 4 is 34.9 Å². The average molecular weight is 510 g/mol. The topological polar surface area (TPSA) is 111 Å². The number of likely N-dealkylation sites (tertiary alicyclic amines) is 1. The maximum atomic E-state index is 12.1. The summed E-state index contributed by atoms with van der Waals surface area (Å²) in [4.78, 5) is 28.8. The van der Waals surface area contributed by atoms with Crippen LogP contribution in [0.25, 0.3) is 0 Å². The Morgan fingerprint density at radius 1 is 0.946 bits per heavy atom. The Kier molecular flexibility index (Phi) is 10.0. The number of nitrogens with one attached hydrogen (secondary N) is 2. The normalized spacial score (nSPS) is 17.2. The number of nitrogens with zero attached hydrogens (tertiary/aromatic N) is 7. The second kappa shape index (κ2) is 13.8. The van der Waals surface area contributed by atoms with Crippen molar-refractivity contribution in [2.45, 2.75) is 26.2 Å². The molecule has 0 spiro atoms. The predicted octanol–water partition coefficient (Wildman–Crippen LogP) is 3.52. The van der Waals surface area contributed by atoms with Crippen molar-refractivity contribution in [1.82, 2.24) is 19.8 Å². The monoisotopic (exact) mass is 509 g/mol. The number of azo groups is 1. The fourth-order valence-electron chi connectivity index (χ4n) is 4.42. The molecule has 1 aromatic carbocycles. The third kappa shape index (κ3) is 8.09. The van der Waals surface area contributed by atoms with Crippen molar-refractivity contribution in [3.05, 3.63) is 30.3 Å². The second-order valence-electron chi connectivity index (χ2n) is 9.38. The van der Waals surface area contributed by atoms with Crippen molar-refractivity contribution < 1.29 is 9.53 Å². The summed E-state index contributed by atoms with van der Waals surface area (Å²) >= 11 is 0. The molecule has 2 saturated heterocycles. The molecule has 2 aliphatic rings. The Morgan fingerprint density at radius 2 is 1.65 bits per heavy atom. The number of benzene rings is 1. The van der Waals surface area contributed by atoms with Crippen molar-refractivity contribution in [2.75, 3.05) is 88.1 Å². The Labute approximate surface area is 219 Å². The number of ether oxygens (including phenoxy) is 1. The van der Waals surface area contributed by atoms with Gasteiger partial charge in [-0.3, -0.25) is 4.79 Å². The van der Waals surface area contributed by atoms with E-state index in [0.717, 1.165) is 58.0 Å². The molecule has 0 saturated carbocycles. The van der Waals surface area contributed by atoms with E-state index < -0.39 is 0 Å². The zero-order chi connectivity index (χ0) is 25.9. The number of anilines is 3. The van der Waals surface area contributed by atoms with Crippen LogP contribution in [0, 0.1) is 0 Å². The van der Waals surface area contributed by atoms with Gasteiger partial charge in [-0.05, 0) is 52.0 Å². The molecule has 200 valence electrons. The third-order valence-electron chi connectivity index (χ3n) is 6.55. The molecule has 11 heteroatoms. The molecule has 0 radical (unpaired) electrons. The van der Waals surface area contributed by atoms with Gasteiger partial charge in [0.15, 0.2) is 17.3 Å². The molecule has 0 atom stereocenters. The molecular weight excluding hydrogens is 470 g/mol. The maximum absolute atomic E-state index is 12.1. The van der Waals surface area contributed by atoms with E-state index in [0.29, 0.717) is 29.9 Å². The van der Waals surface area contributed by atoms with Crippen LogP contribution >= 0.6 is 0 Å². The average Bonchev–Trinajstić information content (AvgIpc) is 2.93. The van der Waals surface area contributed by atoms with E-state index in [4.69, 9.17) is 14.7 Å². The molecule has 0 bridgehead atoms. The first kappa shape index (κ1) is 26.7. The first-order chi connectivity index (χ1) is 18.1. The zero-order valence-corrected chi connectivity index (χ0v) is 22.0. The number of hydrogen-bond donors (Lipinski definition) is 2. The van der Waals surface area contributed by atoms with Crippen LogP contribution in [0.5, 0.6) is 0 Å². The van der Waals surface area contributed by atoms with Gasteiger partial charge >= 0.3 is 5.97 Å². The van der Waals surface area contributed by atoms with Crippen LogP contribution in [-0.2, 0) is 9.53 Å². The van der Waals surface area contributed by atoms with Crippen LogP contribution in [-0.4, -0.2) is 98.3 Å². The van der Waals surface area contributed by atoms with Gasteiger partial charge in [0.05, 0.1) is 12.3 Å². The summed E-state index contributed by atoms with van der Waals surface area (Å²) in [6, 6.07) is 9.54. The number of piperidine rings is 1. The number of piperazine rings is 1. The first-order valence-corrected chi connectivity index (χ1v) is 13.3. The number of esters is 1. The van der Waals surface area contributed by atoms with Gasteiger partial charge in [-0.25, -0.2) is 0 Å². The van der Waals surface area contributed by atoms with E-state index in [2.05, 4.69) is 42.6 Å². The molecule has 2 N–H and O–H groups in total. The highest BCUT2D eigenvalue weighted by molar-refractivity contribution is 5.80. The van der Waals surface area contributed by atoms with Gasteiger partial charge in [-0.15, -0.1) is 5.11 Å². The van der Waals surface area contributed by atoms with Gasteiger partial charge in [0.25, 0.3) is 0 Å². The van der Waals surface area contributed by atoms with Crippen molar-refractivity contribution in [3.8, 4) is 0 Å². The summed E-state index contributed by atoms with van der Waals surface area (Å²) in [6.07, 6.45) is 3.81. The van der Waals surface area contributed by atoms with E-state index in [1.165, 1.54) is 19.3 Å². The van der Waals surface area contributed by atoms with Crippen molar-refractivity contribution in [1.29, 1.82) is 0 Å². The van der Waals surface area contributed by atoms with E-state index in [1.54, 1.807) is 6.92 Å². The first-order valence-electron chi connectivity index (χ1n) is 13.3. The molecule has 1 aromatic heterocycles. The van der Waals surface area contributed by atoms with Crippen LogP contribution in [0.4, 0.5) is 29.0 Å². The molecule has 0 amide bonds. The zero-order valence-electron chi connectivity index (χ0n) is 22.0. The Bertz CT molecular complexity index is 1020. The molecular formula is C26H39N9O2. The van der Waals surface area contributed by atoms with Crippen LogP contribution in [0.2, 0.25) is 0 Å². The van der Waals surface area contributed by atoms with Gasteiger partial charge in [-0.2, -0.15) is 15.1 Å². The Balaban J connectivity index is 1.63. The van der Waals surface area contributed by atoms with Crippen LogP contribution in [0.15, 0.2) is 40.6 Å². The predicted molar refractivity (Wildman–Crippen MR) is 146 cm³/mol. The smallest absolute Gasteiger partial charge is 0.325 e. The molecule has 37 heavy (non-hydrogen) atoms. The number of carbonyl (C=O) groups is 1. The highest BCUT2D eigenvalue weighted by atomic mass is 16.5. The number of hydrogen-bond acceptors (Lipinski definition) is 11. The highest BCUT2D eigenvalue weighted by Crippen LogP contribution is 2.34. The quantitative estimate of drug-likeness (QED) is 0.347. The second-order valence-corrected chi connectivity index (χ2v) is 9.38. The molecule has 2 aliphatic heterocycles. The van der Waals surface area contributed by atoms with Gasteiger partial charge < -0.3 is 30.1 Å². The molecule has 0 aliphatic carbocycles. The minimum absolute atomic E-state index is 0.0197. The SMILES string of the molecule is CCOC(=O)CNc1nc(N2CCN(C)CC2)nc(NCCN2CCCCC2)c1/N=N/c1ccccc1. The summed E-state index contributed by atoms with van der Waals surface area (Å²) in [5, 5.41) is 15.6. The summed E-state index contributed by atoms with van der Waals surface area (Å²) in [6.45, 7) is 9.52. The molecule has 2 fully saturated rings. The van der Waals surface area contributed by atoms with Crippen LogP contribution < -0.4 is 15.5 Å². The summed E-state index contributed by atoms with van der Waals surface area (Å²) in [5.41, 5.74) is 1.20. The van der Waals surface area contributed by atoms with Gasteiger partial charge in [0.1, 0.15) is 6.54 Å². The van der Waals surface area contributed by atoms with Gasteiger partial charge in [-0.1, -0.05) is 24.6 Å². The van der Waals surface area contributed by atoms with Crippen molar-refractivity contribution in [3.63, 3.8) is 0 Å². The summed E-state index contributed by atoms with van der Waals surface area (Å²) in [7, 11) is 2.12. The number of carbonyl (C=O) groups excluding carboxylic acids is 1. The minimum Gasteiger partial charge on any atom is -0.465 e. The highest BCUT2D eigenvalue weighted by Gasteiger charge is 2.22. The lowest BCUT2D eigenvalue weighted by atomic mass is 10.1. The van der Waals surface area contributed by atoms with E-state index >= 15 is 0 Å². The van der Waals surface area contributed by atoms with E-state index in [1.807, 2.05) is 30.3 Å². The number of rotatable bonds is 11. The molecule has 2 aromatic rings. The van der Waals surface area contributed by atoms with Crippen molar-refractivity contribution in [2.24, 2.45) is 10.2 Å². The fourth-order valence-corrected chi connectivity index (χ4v) is 4.42. The lowest BCUT2D eigenvalue weighted by Gasteiger charge is -2.33. The van der Waals surface area contributed by atoms with E-state index in [-0.39, 0.29) is 12.5 Å². The Morgan fingerprint density at radius 3 is 2.35 bits per heavy atom. The molecule has 11 nitrogen and oxygen atoms in total. The Hall–Kier alpha value is -3.31. The molecule has 4 rings (SSSR count). The fraction of sp³-hybridized carbons (Fsp3) is 0.577. The summed E-state index contributed by atoms with van der Waals surface area (Å²) < 4.78 is 5.12. The lowest BCUT2D eigenvalue weighted by molar-refractivity contribution is -0.140. The molecule has 0 unspecified atom stereocenters. The lowest BCUT2D eigenvalue weighted by Crippen LogP contribution is -2.45. The summed E-state index contributed by atoms with van der Waals surface area (Å²) in [5.74, 6) is 1.32. The van der Waals surface area contributed by atoms with Gasteiger partial charge in [0.2, 0.25) is 5.95 Å². The minimum atomic E-state index is -0.354. The van der Waals surface area contributed by atoms with Gasteiger partial charge in [0, 0.05) is 39.3 Å². The largest absolute Gasteiger partial charge is 0.465 e. The van der Waals surface area contributed by atoms with E-state index in [9.17, 15) is 4.79 Å². The third-order valence-corrected chi connectivity index (χ3v) is 6.55. The maximum Gasteiger partial charge on any atom is 0.325 e. The standard InChI is InChI=1S/C26H39N9O2/c1-3-37-22(36)20-28-25-23(32-31-21-10-6-4-7-11-21)24(27-12-15-34-13-8-5-9-14-34)29-26(30-25)35-18-16-33(2)17-19-35/h4,6-7,10-11H,3,5,8-9,12-20H2,1-2H3,(H2,27,28,29,30)/b32-31+. The molecule has 3 heterocycles. The number of likely N-dealkylation sites (N-methyl/N-ethyl adjacent to an activating group) is 1.